The van der Waals surface area contributed by atoms with Crippen LogP contribution in [0.25, 0.3) is 11.1 Å². The molecule has 192 valence electrons. The lowest BCUT2D eigenvalue weighted by molar-refractivity contribution is -0.137. The SMILES string of the molecule is C=C1C2N(c3ccccc3)c3nccnc3N2c2cc(-c3ccccc3C(F)(F)F)ccc2C1(CC)CC. The summed E-state index contributed by atoms with van der Waals surface area (Å²) in [6, 6.07) is 21.4. The first kappa shape index (κ1) is 24.2. The van der Waals surface area contributed by atoms with Crippen LogP contribution in [0.3, 0.4) is 0 Å². The van der Waals surface area contributed by atoms with Crippen LogP contribution in [0, 0.1) is 0 Å². The van der Waals surface area contributed by atoms with Crippen molar-refractivity contribution in [3.05, 3.63) is 108 Å². The molecule has 2 aliphatic rings. The van der Waals surface area contributed by atoms with Crippen molar-refractivity contribution in [3.63, 3.8) is 0 Å². The van der Waals surface area contributed by atoms with Gasteiger partial charge in [-0.1, -0.05) is 69.0 Å². The topological polar surface area (TPSA) is 32.3 Å². The molecule has 0 saturated heterocycles. The summed E-state index contributed by atoms with van der Waals surface area (Å²) in [6.07, 6.45) is 0.137. The molecule has 0 fully saturated rings. The molecule has 0 radical (unpaired) electrons. The monoisotopic (exact) mass is 512 g/mol. The Morgan fingerprint density at radius 2 is 1.47 bits per heavy atom. The van der Waals surface area contributed by atoms with Gasteiger partial charge in [-0.2, -0.15) is 13.2 Å². The van der Waals surface area contributed by atoms with Gasteiger partial charge in [-0.05, 0) is 59.4 Å². The second-order valence-electron chi connectivity index (χ2n) is 9.74. The van der Waals surface area contributed by atoms with Crippen molar-refractivity contribution in [1.29, 1.82) is 0 Å². The van der Waals surface area contributed by atoms with Gasteiger partial charge < -0.3 is 0 Å². The first-order valence-electron chi connectivity index (χ1n) is 12.8. The van der Waals surface area contributed by atoms with E-state index in [1.54, 1.807) is 24.5 Å². The number of alkyl halides is 3. The number of hydrogen-bond donors (Lipinski definition) is 0. The standard InChI is InChI=1S/C31H27F3N4/c1-4-30(5-2)20(3)29-37(22-11-7-6-8-12-22)27-28(36-18-17-35-27)38(29)26-19-21(15-16-25(26)30)23-13-9-10-14-24(23)31(32,33)34/h6-19,29H,3-5H2,1-2H3. The molecule has 4 nitrogen and oxygen atoms in total. The summed E-state index contributed by atoms with van der Waals surface area (Å²) in [4.78, 5) is 13.7. The van der Waals surface area contributed by atoms with Crippen molar-refractivity contribution in [2.24, 2.45) is 0 Å². The van der Waals surface area contributed by atoms with Crippen LogP contribution in [-0.4, -0.2) is 16.1 Å². The summed E-state index contributed by atoms with van der Waals surface area (Å²) in [5, 5.41) is 0. The van der Waals surface area contributed by atoms with E-state index in [1.807, 2.05) is 42.5 Å². The highest BCUT2D eigenvalue weighted by Crippen LogP contribution is 2.58. The molecule has 38 heavy (non-hydrogen) atoms. The van der Waals surface area contributed by atoms with Crippen molar-refractivity contribution in [1.82, 2.24) is 9.97 Å². The Kier molecular flexibility index (Phi) is 5.56. The summed E-state index contributed by atoms with van der Waals surface area (Å²) in [5.74, 6) is 1.35. The zero-order valence-corrected chi connectivity index (χ0v) is 21.2. The minimum Gasteiger partial charge on any atom is -0.298 e. The molecule has 0 spiro atoms. The number of halogens is 3. The lowest BCUT2D eigenvalue weighted by Gasteiger charge is -2.49. The largest absolute Gasteiger partial charge is 0.417 e. The molecule has 7 heteroatoms. The molecule has 6 rings (SSSR count). The predicted molar refractivity (Wildman–Crippen MR) is 145 cm³/mol. The maximum absolute atomic E-state index is 14.0. The van der Waals surface area contributed by atoms with Crippen molar-refractivity contribution in [3.8, 4) is 11.1 Å². The molecule has 0 aliphatic carbocycles. The summed E-state index contributed by atoms with van der Waals surface area (Å²) < 4.78 is 41.9. The summed E-state index contributed by atoms with van der Waals surface area (Å²) >= 11 is 0. The maximum atomic E-state index is 14.0. The fourth-order valence-corrected chi connectivity index (χ4v) is 6.21. The van der Waals surface area contributed by atoms with E-state index in [-0.39, 0.29) is 17.1 Å². The third-order valence-electron chi connectivity index (χ3n) is 8.09. The molecule has 2 aliphatic heterocycles. The van der Waals surface area contributed by atoms with Gasteiger partial charge in [0.1, 0.15) is 6.17 Å². The van der Waals surface area contributed by atoms with Crippen LogP contribution >= 0.6 is 0 Å². The Balaban J connectivity index is 1.63. The van der Waals surface area contributed by atoms with Gasteiger partial charge in [0.2, 0.25) is 0 Å². The van der Waals surface area contributed by atoms with Crippen LogP contribution in [0.2, 0.25) is 0 Å². The van der Waals surface area contributed by atoms with Gasteiger partial charge >= 0.3 is 6.18 Å². The molecule has 0 N–H and O–H groups in total. The molecule has 1 aromatic heterocycles. The van der Waals surface area contributed by atoms with E-state index in [4.69, 9.17) is 9.97 Å². The van der Waals surface area contributed by atoms with Gasteiger partial charge in [-0.15, -0.1) is 0 Å². The Morgan fingerprint density at radius 3 is 2.13 bits per heavy atom. The van der Waals surface area contributed by atoms with Crippen molar-refractivity contribution in [2.45, 2.75) is 44.4 Å². The van der Waals surface area contributed by atoms with Gasteiger partial charge in [0.15, 0.2) is 11.6 Å². The lowest BCUT2D eigenvalue weighted by Crippen LogP contribution is -2.50. The Hall–Kier alpha value is -4.13. The van der Waals surface area contributed by atoms with Gasteiger partial charge in [0.25, 0.3) is 0 Å². The van der Waals surface area contributed by atoms with E-state index < -0.39 is 11.7 Å². The number of rotatable bonds is 4. The first-order chi connectivity index (χ1) is 18.3. The van der Waals surface area contributed by atoms with E-state index >= 15 is 0 Å². The normalized spacial score (nSPS) is 17.7. The minimum atomic E-state index is -4.46. The average molecular weight is 513 g/mol. The van der Waals surface area contributed by atoms with Crippen molar-refractivity contribution in [2.75, 3.05) is 9.80 Å². The van der Waals surface area contributed by atoms with Crippen LogP contribution in [0.15, 0.2) is 97.3 Å². The van der Waals surface area contributed by atoms with Gasteiger partial charge in [0.05, 0.1) is 5.56 Å². The quantitative estimate of drug-likeness (QED) is 0.257. The van der Waals surface area contributed by atoms with Crippen LogP contribution in [-0.2, 0) is 11.6 Å². The number of fused-ring (bicyclic) bond motifs is 5. The Morgan fingerprint density at radius 1 is 0.842 bits per heavy atom. The molecular formula is C31H27F3N4. The number of nitrogens with zero attached hydrogens (tertiary/aromatic N) is 4. The summed E-state index contributed by atoms with van der Waals surface area (Å²) in [5.41, 5.74) is 3.49. The minimum absolute atomic E-state index is 0.154. The van der Waals surface area contributed by atoms with E-state index in [0.717, 1.165) is 41.4 Å². The second-order valence-corrected chi connectivity index (χ2v) is 9.74. The zero-order chi connectivity index (χ0) is 26.7. The van der Waals surface area contributed by atoms with Gasteiger partial charge in [-0.3, -0.25) is 9.80 Å². The molecule has 3 aromatic carbocycles. The molecule has 3 heterocycles. The van der Waals surface area contributed by atoms with Crippen LogP contribution in [0.5, 0.6) is 0 Å². The van der Waals surface area contributed by atoms with Crippen molar-refractivity contribution >= 4 is 23.0 Å². The van der Waals surface area contributed by atoms with Gasteiger partial charge in [0, 0.05) is 29.2 Å². The van der Waals surface area contributed by atoms with Crippen LogP contribution in [0.1, 0.15) is 37.8 Å². The highest BCUT2D eigenvalue weighted by molar-refractivity contribution is 5.90. The van der Waals surface area contributed by atoms with Crippen molar-refractivity contribution < 1.29 is 13.2 Å². The number of aromatic nitrogens is 2. The van der Waals surface area contributed by atoms with E-state index in [9.17, 15) is 13.2 Å². The predicted octanol–water partition coefficient (Wildman–Crippen LogP) is 8.41. The summed E-state index contributed by atoms with van der Waals surface area (Å²) in [7, 11) is 0. The fourth-order valence-electron chi connectivity index (χ4n) is 6.21. The third kappa shape index (κ3) is 3.37. The smallest absolute Gasteiger partial charge is 0.298 e. The third-order valence-corrected chi connectivity index (χ3v) is 8.09. The maximum Gasteiger partial charge on any atom is 0.417 e. The Labute approximate surface area is 220 Å². The van der Waals surface area contributed by atoms with E-state index in [1.165, 1.54) is 12.1 Å². The van der Waals surface area contributed by atoms with Gasteiger partial charge in [-0.25, -0.2) is 9.97 Å². The fraction of sp³-hybridized carbons (Fsp3) is 0.226. The molecule has 0 bridgehead atoms. The molecule has 0 amide bonds. The highest BCUT2D eigenvalue weighted by atomic mass is 19.4. The number of benzene rings is 3. The summed E-state index contributed by atoms with van der Waals surface area (Å²) in [6.45, 7) is 8.94. The number of hydrogen-bond acceptors (Lipinski definition) is 4. The number of anilines is 4. The van der Waals surface area contributed by atoms with Crippen LogP contribution < -0.4 is 9.80 Å². The average Bonchev–Trinajstić information content (AvgIpc) is 3.29. The van der Waals surface area contributed by atoms with E-state index in [0.29, 0.717) is 17.2 Å². The van der Waals surface area contributed by atoms with Crippen LogP contribution in [0.4, 0.5) is 36.2 Å². The molecule has 1 unspecified atom stereocenters. The molecule has 0 saturated carbocycles. The molecule has 4 aromatic rings. The lowest BCUT2D eigenvalue weighted by atomic mass is 9.66. The molecular weight excluding hydrogens is 485 g/mol. The zero-order valence-electron chi connectivity index (χ0n) is 21.2. The Bertz CT molecular complexity index is 1530. The number of para-hydroxylation sites is 1. The van der Waals surface area contributed by atoms with E-state index in [2.05, 4.69) is 30.2 Å². The molecule has 1 atom stereocenters. The first-order valence-corrected chi connectivity index (χ1v) is 12.8. The highest BCUT2D eigenvalue weighted by Gasteiger charge is 2.52. The second kappa shape index (κ2) is 8.72.